The van der Waals surface area contributed by atoms with Crippen molar-refractivity contribution in [2.75, 3.05) is 6.16 Å². The lowest BCUT2D eigenvalue weighted by atomic mass is 9.77. The second kappa shape index (κ2) is 3.10. The van der Waals surface area contributed by atoms with Gasteiger partial charge in [0.15, 0.2) is 0 Å². The van der Waals surface area contributed by atoms with E-state index in [1.807, 2.05) is 0 Å². The smallest absolute Gasteiger partial charge is 0.204 e. The van der Waals surface area contributed by atoms with E-state index < -0.39 is 7.37 Å². The first-order chi connectivity index (χ1) is 6.00. The van der Waals surface area contributed by atoms with Crippen molar-refractivity contribution in [3.05, 3.63) is 0 Å². The van der Waals surface area contributed by atoms with Crippen molar-refractivity contribution in [2.45, 2.75) is 38.8 Å². The zero-order valence-corrected chi connectivity index (χ0v) is 9.33. The van der Waals surface area contributed by atoms with Crippen LogP contribution in [0.1, 0.15) is 33.1 Å². The zero-order valence-electron chi connectivity index (χ0n) is 8.44. The predicted molar refractivity (Wildman–Crippen MR) is 54.1 cm³/mol. The Bertz CT molecular complexity index is 251. The van der Waals surface area contributed by atoms with Gasteiger partial charge in [-0.25, -0.2) is 0 Å². The Labute approximate surface area is 80.2 Å². The maximum absolute atomic E-state index is 12.0. The molecular formula is C10H19O2P. The molecule has 1 saturated carbocycles. The quantitative estimate of drug-likeness (QED) is 0.613. The Morgan fingerprint density at radius 3 is 2.62 bits per heavy atom. The van der Waals surface area contributed by atoms with Gasteiger partial charge in [0.2, 0.25) is 7.37 Å². The topological polar surface area (TPSA) is 37.3 Å². The van der Waals surface area contributed by atoms with Crippen molar-refractivity contribution < 1.29 is 9.46 Å². The van der Waals surface area contributed by atoms with Crippen LogP contribution >= 0.6 is 7.37 Å². The highest BCUT2D eigenvalue weighted by Gasteiger charge is 2.46. The van der Waals surface area contributed by atoms with E-state index in [0.717, 1.165) is 18.8 Å². The van der Waals surface area contributed by atoms with Gasteiger partial charge in [-0.15, -0.1) is 0 Å². The molecule has 2 nitrogen and oxygen atoms in total. The fraction of sp³-hybridized carbons (Fsp3) is 1.00. The molecule has 0 spiro atoms. The van der Waals surface area contributed by atoms with Crippen LogP contribution in [-0.2, 0) is 4.57 Å². The van der Waals surface area contributed by atoms with Gasteiger partial charge in [0.1, 0.15) is 0 Å². The van der Waals surface area contributed by atoms with Crippen molar-refractivity contribution >= 4 is 7.37 Å². The average Bonchev–Trinajstić information content (AvgIpc) is 2.02. The Morgan fingerprint density at radius 2 is 1.92 bits per heavy atom. The molecule has 2 aliphatic rings. The van der Waals surface area contributed by atoms with Crippen LogP contribution in [0.5, 0.6) is 0 Å². The van der Waals surface area contributed by atoms with E-state index in [2.05, 4.69) is 13.8 Å². The molecule has 0 radical (unpaired) electrons. The van der Waals surface area contributed by atoms with Gasteiger partial charge in [-0.1, -0.05) is 13.8 Å². The van der Waals surface area contributed by atoms with Gasteiger partial charge in [0, 0.05) is 11.8 Å². The highest BCUT2D eigenvalue weighted by Crippen LogP contribution is 2.61. The Morgan fingerprint density at radius 1 is 1.23 bits per heavy atom. The molecule has 1 heterocycles. The third kappa shape index (κ3) is 1.59. The minimum atomic E-state index is -2.80. The molecule has 1 N–H and O–H groups in total. The summed E-state index contributed by atoms with van der Waals surface area (Å²) in [6, 6.07) is 0. The fourth-order valence-electron chi connectivity index (χ4n) is 3.11. The standard InChI is InChI=1S/C10H19O2P/c1-7-3-4-9-5-10(7)13(11,12)6-8(9)2/h7-10H,3-6H2,1-2H3,(H,11,12). The van der Waals surface area contributed by atoms with Crippen LogP contribution in [0, 0.1) is 17.8 Å². The van der Waals surface area contributed by atoms with Gasteiger partial charge in [-0.3, -0.25) is 4.57 Å². The number of hydrogen-bond donors (Lipinski definition) is 1. The fourth-order valence-corrected chi connectivity index (χ4v) is 6.04. The van der Waals surface area contributed by atoms with E-state index in [4.69, 9.17) is 0 Å². The number of hydrogen-bond acceptors (Lipinski definition) is 1. The zero-order chi connectivity index (χ0) is 9.64. The Kier molecular flexibility index (Phi) is 2.32. The number of rotatable bonds is 0. The van der Waals surface area contributed by atoms with Gasteiger partial charge in [0.25, 0.3) is 0 Å². The van der Waals surface area contributed by atoms with Crippen molar-refractivity contribution in [3.63, 3.8) is 0 Å². The lowest BCUT2D eigenvalue weighted by molar-refractivity contribution is 0.205. The lowest BCUT2D eigenvalue weighted by Gasteiger charge is -2.44. The molecule has 2 rings (SSSR count). The van der Waals surface area contributed by atoms with Crippen LogP contribution < -0.4 is 0 Å². The lowest BCUT2D eigenvalue weighted by Crippen LogP contribution is -2.37. The summed E-state index contributed by atoms with van der Waals surface area (Å²) in [5.41, 5.74) is 0.127. The summed E-state index contributed by atoms with van der Waals surface area (Å²) < 4.78 is 12.0. The van der Waals surface area contributed by atoms with E-state index in [0.29, 0.717) is 18.0 Å². The third-order valence-corrected chi connectivity index (χ3v) is 6.92. The summed E-state index contributed by atoms with van der Waals surface area (Å²) in [6.45, 7) is 4.28. The average molecular weight is 202 g/mol. The molecule has 2 fully saturated rings. The first-order valence-electron chi connectivity index (χ1n) is 5.32. The summed E-state index contributed by atoms with van der Waals surface area (Å²) in [4.78, 5) is 9.88. The van der Waals surface area contributed by atoms with Crippen molar-refractivity contribution in [2.24, 2.45) is 17.8 Å². The monoisotopic (exact) mass is 202 g/mol. The van der Waals surface area contributed by atoms with Crippen LogP contribution in [0.3, 0.4) is 0 Å². The van der Waals surface area contributed by atoms with Gasteiger partial charge in [-0.2, -0.15) is 0 Å². The second-order valence-electron chi connectivity index (χ2n) is 5.03. The summed E-state index contributed by atoms with van der Waals surface area (Å²) in [5.74, 6) is 1.68. The van der Waals surface area contributed by atoms with E-state index in [1.54, 1.807) is 0 Å². The molecule has 0 aromatic heterocycles. The summed E-state index contributed by atoms with van der Waals surface area (Å²) in [5, 5.41) is 0. The molecule has 1 aliphatic heterocycles. The highest BCUT2D eigenvalue weighted by atomic mass is 31.2. The molecule has 0 aromatic carbocycles. The summed E-state index contributed by atoms with van der Waals surface area (Å²) in [7, 11) is -2.80. The van der Waals surface area contributed by atoms with Crippen LogP contribution in [0.4, 0.5) is 0 Å². The maximum Gasteiger partial charge on any atom is 0.204 e. The second-order valence-corrected chi connectivity index (χ2v) is 7.57. The SMILES string of the molecule is CC1CP(=O)(O)C2CC1CCC2C. The van der Waals surface area contributed by atoms with Gasteiger partial charge in [0.05, 0.1) is 0 Å². The third-order valence-electron chi connectivity index (χ3n) is 4.07. The predicted octanol–water partition coefficient (Wildman–Crippen LogP) is 2.71. The van der Waals surface area contributed by atoms with E-state index >= 15 is 0 Å². The molecular weight excluding hydrogens is 183 g/mol. The van der Waals surface area contributed by atoms with E-state index in [1.165, 1.54) is 6.42 Å². The molecule has 1 aliphatic carbocycles. The van der Waals surface area contributed by atoms with Gasteiger partial charge < -0.3 is 4.89 Å². The van der Waals surface area contributed by atoms with Crippen molar-refractivity contribution in [1.29, 1.82) is 0 Å². The molecule has 0 aromatic rings. The Balaban J connectivity index is 2.23. The molecule has 5 unspecified atom stereocenters. The van der Waals surface area contributed by atoms with Gasteiger partial charge in [-0.05, 0) is 37.0 Å². The highest BCUT2D eigenvalue weighted by molar-refractivity contribution is 7.58. The van der Waals surface area contributed by atoms with Crippen LogP contribution in [-0.4, -0.2) is 16.7 Å². The minimum absolute atomic E-state index is 0.127. The molecule has 3 heteroatoms. The van der Waals surface area contributed by atoms with Crippen molar-refractivity contribution in [3.8, 4) is 0 Å². The van der Waals surface area contributed by atoms with Crippen LogP contribution in [0.15, 0.2) is 0 Å². The first-order valence-corrected chi connectivity index (χ1v) is 7.23. The van der Waals surface area contributed by atoms with Gasteiger partial charge >= 0.3 is 0 Å². The van der Waals surface area contributed by atoms with Crippen LogP contribution in [0.2, 0.25) is 0 Å². The maximum atomic E-state index is 12.0. The normalized spacial score (nSPS) is 56.2. The number of fused-ring (bicyclic) bond motifs is 2. The molecule has 2 bridgehead atoms. The van der Waals surface area contributed by atoms with Crippen molar-refractivity contribution in [1.82, 2.24) is 0 Å². The van der Waals surface area contributed by atoms with Crippen LogP contribution in [0.25, 0.3) is 0 Å². The molecule has 1 saturated heterocycles. The Hall–Kier alpha value is 0.190. The summed E-state index contributed by atoms with van der Waals surface area (Å²) >= 11 is 0. The van der Waals surface area contributed by atoms with E-state index in [9.17, 15) is 9.46 Å². The van der Waals surface area contributed by atoms with E-state index in [-0.39, 0.29) is 5.66 Å². The minimum Gasteiger partial charge on any atom is -0.344 e. The largest absolute Gasteiger partial charge is 0.344 e. The summed E-state index contributed by atoms with van der Waals surface area (Å²) in [6.07, 6.45) is 4.02. The molecule has 5 atom stereocenters. The molecule has 0 amide bonds. The molecule has 76 valence electrons. The first kappa shape index (κ1) is 9.73. The molecule has 13 heavy (non-hydrogen) atoms.